The van der Waals surface area contributed by atoms with Crippen molar-refractivity contribution in [2.75, 3.05) is 4.90 Å². The minimum Gasteiger partial charge on any atom is -0.324 e. The number of nitriles is 1. The molecule has 1 aliphatic heterocycles. The maximum Gasteiger partial charge on any atom is 0.125 e. The second-order valence-corrected chi connectivity index (χ2v) is 11.9. The van der Waals surface area contributed by atoms with Crippen LogP contribution < -0.4 is 4.90 Å². The summed E-state index contributed by atoms with van der Waals surface area (Å²) in [7, 11) is 0. The topological polar surface area (TPSA) is 27.0 Å². The summed E-state index contributed by atoms with van der Waals surface area (Å²) in [5.74, 6) is 0. The van der Waals surface area contributed by atoms with Gasteiger partial charge >= 0.3 is 0 Å². The Kier molecular flexibility index (Phi) is 5.34. The van der Waals surface area contributed by atoms with Crippen molar-refractivity contribution in [1.29, 1.82) is 5.26 Å². The van der Waals surface area contributed by atoms with Gasteiger partial charge in [-0.05, 0) is 78.7 Å². The Morgan fingerprint density at radius 2 is 1.27 bits per heavy atom. The number of fused-ring (bicyclic) bond motifs is 8. The molecule has 0 N–H and O–H groups in total. The van der Waals surface area contributed by atoms with Crippen LogP contribution in [0.2, 0.25) is 0 Å². The van der Waals surface area contributed by atoms with E-state index in [-0.39, 0.29) is 6.04 Å². The van der Waals surface area contributed by atoms with E-state index in [9.17, 15) is 5.26 Å². The van der Waals surface area contributed by atoms with Crippen LogP contribution in [-0.2, 0) is 11.8 Å². The number of hydrogen-bond donors (Lipinski definition) is 0. The maximum atomic E-state index is 10.3. The van der Waals surface area contributed by atoms with E-state index in [0.29, 0.717) is 0 Å². The molecule has 2 heteroatoms. The highest BCUT2D eigenvalue weighted by molar-refractivity contribution is 6.14. The van der Waals surface area contributed by atoms with Crippen molar-refractivity contribution >= 4 is 32.9 Å². The SMILES string of the molecule is N#CC1Cc2ccccc2N1c1ccc2c(c1)C(c1ccccc1)(c1ccccc1)c1ccc3c(ccc4ccccc43)c1-2. The lowest BCUT2D eigenvalue weighted by Gasteiger charge is -2.35. The summed E-state index contributed by atoms with van der Waals surface area (Å²) in [5, 5.41) is 15.3. The van der Waals surface area contributed by atoms with Crippen molar-refractivity contribution in [3.05, 3.63) is 179 Å². The fourth-order valence-electron chi connectivity index (χ4n) is 8.02. The van der Waals surface area contributed by atoms with E-state index in [4.69, 9.17) is 0 Å². The molecular weight excluding hydrogens is 532 g/mol. The zero-order chi connectivity index (χ0) is 29.3. The highest BCUT2D eigenvalue weighted by atomic mass is 15.2. The van der Waals surface area contributed by atoms with Gasteiger partial charge in [-0.25, -0.2) is 0 Å². The van der Waals surface area contributed by atoms with Crippen molar-refractivity contribution in [3.8, 4) is 17.2 Å². The predicted octanol–water partition coefficient (Wildman–Crippen LogP) is 9.94. The van der Waals surface area contributed by atoms with Gasteiger partial charge in [0.1, 0.15) is 6.04 Å². The lowest BCUT2D eigenvalue weighted by Crippen LogP contribution is -2.29. The molecule has 2 nitrogen and oxygen atoms in total. The first-order chi connectivity index (χ1) is 21.8. The monoisotopic (exact) mass is 560 g/mol. The Hall–Kier alpha value is -5.65. The quantitative estimate of drug-likeness (QED) is 0.201. The molecule has 0 saturated heterocycles. The van der Waals surface area contributed by atoms with Crippen LogP contribution in [0.5, 0.6) is 0 Å². The molecule has 44 heavy (non-hydrogen) atoms. The zero-order valence-electron chi connectivity index (χ0n) is 24.1. The fourth-order valence-corrected chi connectivity index (χ4v) is 8.02. The number of benzene rings is 7. The van der Waals surface area contributed by atoms with Gasteiger partial charge in [-0.3, -0.25) is 0 Å². The van der Waals surface area contributed by atoms with Gasteiger partial charge in [0.25, 0.3) is 0 Å². The highest BCUT2D eigenvalue weighted by Gasteiger charge is 2.47. The van der Waals surface area contributed by atoms with Crippen LogP contribution in [0.25, 0.3) is 32.7 Å². The molecular formula is C42H28N2. The third-order valence-electron chi connectivity index (χ3n) is 9.82. The Bertz CT molecular complexity index is 2240. The second kappa shape index (κ2) is 9.43. The van der Waals surface area contributed by atoms with Crippen LogP contribution in [0.15, 0.2) is 152 Å². The fraction of sp³-hybridized carbons (Fsp3) is 0.0714. The Morgan fingerprint density at radius 3 is 2.05 bits per heavy atom. The van der Waals surface area contributed by atoms with Crippen molar-refractivity contribution in [2.24, 2.45) is 0 Å². The second-order valence-electron chi connectivity index (χ2n) is 11.9. The van der Waals surface area contributed by atoms with Gasteiger partial charge in [-0.15, -0.1) is 0 Å². The number of nitrogens with zero attached hydrogens (tertiary/aromatic N) is 2. The molecule has 1 unspecified atom stereocenters. The van der Waals surface area contributed by atoms with E-state index in [1.54, 1.807) is 0 Å². The number of hydrogen-bond acceptors (Lipinski definition) is 2. The molecule has 9 rings (SSSR count). The molecule has 0 aromatic heterocycles. The van der Waals surface area contributed by atoms with Crippen molar-refractivity contribution in [1.82, 2.24) is 0 Å². The highest BCUT2D eigenvalue weighted by Crippen LogP contribution is 2.59. The molecule has 1 atom stereocenters. The lowest BCUT2D eigenvalue weighted by molar-refractivity contribution is 0.767. The Labute approximate surface area is 257 Å². The number of anilines is 2. The summed E-state index contributed by atoms with van der Waals surface area (Å²) in [6.45, 7) is 0. The first-order valence-corrected chi connectivity index (χ1v) is 15.3. The molecule has 0 fully saturated rings. The molecule has 7 aromatic rings. The molecule has 0 radical (unpaired) electrons. The summed E-state index contributed by atoms with van der Waals surface area (Å²) >= 11 is 0. The van der Waals surface area contributed by atoms with E-state index >= 15 is 0 Å². The molecule has 0 bridgehead atoms. The first kappa shape index (κ1) is 24.9. The van der Waals surface area contributed by atoms with Crippen LogP contribution in [0, 0.1) is 11.3 Å². The van der Waals surface area contributed by atoms with E-state index in [2.05, 4.69) is 163 Å². The Morgan fingerprint density at radius 1 is 0.591 bits per heavy atom. The van der Waals surface area contributed by atoms with E-state index in [1.807, 2.05) is 0 Å². The molecule has 2 aliphatic rings. The predicted molar refractivity (Wildman–Crippen MR) is 180 cm³/mol. The van der Waals surface area contributed by atoms with Crippen LogP contribution in [0.4, 0.5) is 11.4 Å². The van der Waals surface area contributed by atoms with E-state index < -0.39 is 5.41 Å². The number of para-hydroxylation sites is 1. The van der Waals surface area contributed by atoms with E-state index in [0.717, 1.165) is 17.8 Å². The molecule has 1 heterocycles. The van der Waals surface area contributed by atoms with Gasteiger partial charge in [0.15, 0.2) is 0 Å². The molecule has 0 amide bonds. The average Bonchev–Trinajstić information content (AvgIpc) is 3.62. The first-order valence-electron chi connectivity index (χ1n) is 15.3. The minimum atomic E-state index is -0.523. The van der Waals surface area contributed by atoms with Gasteiger partial charge in [0.05, 0.1) is 11.5 Å². The largest absolute Gasteiger partial charge is 0.324 e. The standard InChI is InChI=1S/C42H28N2/c43-27-33-25-29-12-8-10-18-40(29)44(33)32-20-22-37-39(26-32)42(30-13-3-1-4-14-30,31-15-5-2-6-16-31)38-24-23-35-34-17-9-7-11-28(34)19-21-36(35)41(37)38/h1-24,26,33H,25H2. The van der Waals surface area contributed by atoms with Gasteiger partial charge in [0, 0.05) is 17.8 Å². The summed E-state index contributed by atoms with van der Waals surface area (Å²) < 4.78 is 0. The minimum absolute atomic E-state index is 0.246. The summed E-state index contributed by atoms with van der Waals surface area (Å²) in [4.78, 5) is 2.24. The molecule has 206 valence electrons. The molecule has 1 aliphatic carbocycles. The maximum absolute atomic E-state index is 10.3. The summed E-state index contributed by atoms with van der Waals surface area (Å²) in [5.41, 5.74) is 10.4. The van der Waals surface area contributed by atoms with Crippen LogP contribution in [0.1, 0.15) is 27.8 Å². The van der Waals surface area contributed by atoms with Gasteiger partial charge in [0.2, 0.25) is 0 Å². The smallest absolute Gasteiger partial charge is 0.125 e. The third-order valence-corrected chi connectivity index (χ3v) is 9.82. The summed E-state index contributed by atoms with van der Waals surface area (Å²) in [6.07, 6.45) is 0.726. The van der Waals surface area contributed by atoms with Crippen molar-refractivity contribution < 1.29 is 0 Å². The van der Waals surface area contributed by atoms with Gasteiger partial charge < -0.3 is 4.90 Å². The summed E-state index contributed by atoms with van der Waals surface area (Å²) in [6, 6.07) is 57.5. The van der Waals surface area contributed by atoms with Crippen molar-refractivity contribution in [3.63, 3.8) is 0 Å². The normalized spacial score (nSPS) is 16.0. The van der Waals surface area contributed by atoms with Crippen LogP contribution in [0.3, 0.4) is 0 Å². The number of rotatable bonds is 3. The lowest BCUT2D eigenvalue weighted by atomic mass is 9.67. The molecule has 0 spiro atoms. The molecule has 7 aromatic carbocycles. The zero-order valence-corrected chi connectivity index (χ0v) is 24.1. The van der Waals surface area contributed by atoms with Gasteiger partial charge in [-0.2, -0.15) is 5.26 Å². The molecule has 0 saturated carbocycles. The van der Waals surface area contributed by atoms with Gasteiger partial charge in [-0.1, -0.05) is 133 Å². The van der Waals surface area contributed by atoms with Crippen molar-refractivity contribution in [2.45, 2.75) is 17.9 Å². The third kappa shape index (κ3) is 3.30. The average molecular weight is 561 g/mol. The van der Waals surface area contributed by atoms with E-state index in [1.165, 1.54) is 60.5 Å². The van der Waals surface area contributed by atoms with Crippen LogP contribution in [-0.4, -0.2) is 6.04 Å². The van der Waals surface area contributed by atoms with Crippen LogP contribution >= 0.6 is 0 Å². The Balaban J connectivity index is 1.41.